The van der Waals surface area contributed by atoms with Gasteiger partial charge in [-0.3, -0.25) is 14.2 Å². The van der Waals surface area contributed by atoms with E-state index in [4.69, 9.17) is 0 Å². The van der Waals surface area contributed by atoms with E-state index in [0.29, 0.717) is 40.1 Å². The summed E-state index contributed by atoms with van der Waals surface area (Å²) in [5.74, 6) is 0.349. The number of rotatable bonds is 9. The number of nitrogens with one attached hydrogen (secondary N) is 1. The molecule has 8 heteroatoms. The largest absolute Gasteiger partial charge is 0.326 e. The topological polar surface area (TPSA) is 76.9 Å². The van der Waals surface area contributed by atoms with E-state index < -0.39 is 0 Å². The van der Waals surface area contributed by atoms with Gasteiger partial charge in [0.25, 0.3) is 0 Å². The first-order valence-electron chi connectivity index (χ1n) is 9.32. The van der Waals surface area contributed by atoms with Gasteiger partial charge in [0, 0.05) is 30.0 Å². The summed E-state index contributed by atoms with van der Waals surface area (Å²) in [7, 11) is 0. The summed E-state index contributed by atoms with van der Waals surface area (Å²) >= 11 is 1.37. The second-order valence-electron chi connectivity index (χ2n) is 6.47. The van der Waals surface area contributed by atoms with Crippen LogP contribution in [0.15, 0.2) is 66.3 Å². The van der Waals surface area contributed by atoms with E-state index in [1.54, 1.807) is 53.1 Å². The number of ketones is 1. The Morgan fingerprint density at radius 1 is 1.17 bits per heavy atom. The summed E-state index contributed by atoms with van der Waals surface area (Å²) in [5, 5.41) is 11.7. The zero-order valence-electron chi connectivity index (χ0n) is 16.5. The number of carbonyl (C=O) groups excluding carboxylic acids is 2. The number of aromatic nitrogens is 3. The molecule has 0 unspecified atom stereocenters. The number of anilines is 1. The molecule has 0 radical (unpaired) electrons. The van der Waals surface area contributed by atoms with Gasteiger partial charge in [-0.25, -0.2) is 4.39 Å². The van der Waals surface area contributed by atoms with Gasteiger partial charge in [-0.05, 0) is 43.3 Å². The number of thioether (sulfide) groups is 1. The molecule has 0 saturated heterocycles. The lowest BCUT2D eigenvalue weighted by Crippen LogP contribution is -2.12. The molecule has 6 nitrogen and oxygen atoms in total. The quantitative estimate of drug-likeness (QED) is 0.309. The Hall–Kier alpha value is -3.26. The summed E-state index contributed by atoms with van der Waals surface area (Å²) in [4.78, 5) is 23.5. The van der Waals surface area contributed by atoms with Gasteiger partial charge in [-0.1, -0.05) is 30.0 Å². The number of nitrogens with zero attached hydrogens (tertiary/aromatic N) is 3. The second-order valence-corrected chi connectivity index (χ2v) is 7.53. The third-order valence-corrected chi connectivity index (χ3v) is 5.25. The summed E-state index contributed by atoms with van der Waals surface area (Å²) in [6, 6.07) is 13.1. The second kappa shape index (κ2) is 9.98. The Balaban J connectivity index is 1.61. The zero-order chi connectivity index (χ0) is 21.5. The van der Waals surface area contributed by atoms with E-state index in [-0.39, 0.29) is 23.9 Å². The number of carbonyl (C=O) groups is 2. The van der Waals surface area contributed by atoms with E-state index in [2.05, 4.69) is 22.1 Å². The van der Waals surface area contributed by atoms with E-state index in [0.717, 1.165) is 0 Å². The third-order valence-electron chi connectivity index (χ3n) is 4.28. The summed E-state index contributed by atoms with van der Waals surface area (Å²) in [5.41, 5.74) is 1.59. The highest BCUT2D eigenvalue weighted by Gasteiger charge is 2.16. The molecule has 1 aromatic heterocycles. The molecule has 2 aromatic carbocycles. The van der Waals surface area contributed by atoms with Crippen LogP contribution in [0.25, 0.3) is 11.4 Å². The molecule has 0 spiro atoms. The van der Waals surface area contributed by atoms with E-state index >= 15 is 0 Å². The number of halogens is 1. The standard InChI is InChI=1S/C22H21FN4O2S/c1-3-13-27-21(18-6-4-5-7-19(18)23)25-26-22(27)30-14-12-20(29)24-17-10-8-16(9-11-17)15(2)28/h3-11H,1,12-14H2,2H3,(H,24,29). The summed E-state index contributed by atoms with van der Waals surface area (Å²) in [6.45, 7) is 5.66. The lowest BCUT2D eigenvalue weighted by atomic mass is 10.1. The molecular formula is C22H21FN4O2S. The van der Waals surface area contributed by atoms with Crippen LogP contribution in [0.1, 0.15) is 23.7 Å². The molecule has 0 aliphatic rings. The van der Waals surface area contributed by atoms with Crippen LogP contribution in [0, 0.1) is 5.82 Å². The minimum atomic E-state index is -0.373. The molecule has 1 N–H and O–H groups in total. The molecule has 1 heterocycles. The summed E-state index contributed by atoms with van der Waals surface area (Å²) in [6.07, 6.45) is 1.95. The third kappa shape index (κ3) is 5.21. The fraction of sp³-hybridized carbons (Fsp3) is 0.182. The zero-order valence-corrected chi connectivity index (χ0v) is 17.3. The monoisotopic (exact) mass is 424 g/mol. The molecular weight excluding hydrogens is 403 g/mol. The van der Waals surface area contributed by atoms with Crippen LogP contribution in [0.5, 0.6) is 0 Å². The van der Waals surface area contributed by atoms with Crippen molar-refractivity contribution in [3.8, 4) is 11.4 Å². The van der Waals surface area contributed by atoms with Gasteiger partial charge in [0.1, 0.15) is 5.82 Å². The molecule has 0 aliphatic heterocycles. The van der Waals surface area contributed by atoms with E-state index in [1.807, 2.05) is 0 Å². The first-order chi connectivity index (χ1) is 14.5. The minimum absolute atomic E-state index is 0.0253. The van der Waals surface area contributed by atoms with Gasteiger partial charge >= 0.3 is 0 Å². The first kappa shape index (κ1) is 21.4. The average molecular weight is 425 g/mol. The fourth-order valence-electron chi connectivity index (χ4n) is 2.78. The van der Waals surface area contributed by atoms with Gasteiger partial charge < -0.3 is 5.32 Å². The van der Waals surface area contributed by atoms with E-state index in [1.165, 1.54) is 24.8 Å². The molecule has 0 atom stereocenters. The van der Waals surface area contributed by atoms with Crippen molar-refractivity contribution in [3.63, 3.8) is 0 Å². The normalized spacial score (nSPS) is 10.6. The molecule has 154 valence electrons. The Kier molecular flexibility index (Phi) is 7.13. The van der Waals surface area contributed by atoms with Crippen molar-refractivity contribution in [2.45, 2.75) is 25.0 Å². The van der Waals surface area contributed by atoms with Crippen molar-refractivity contribution >= 4 is 29.1 Å². The highest BCUT2D eigenvalue weighted by Crippen LogP contribution is 2.26. The highest BCUT2D eigenvalue weighted by molar-refractivity contribution is 7.99. The van der Waals surface area contributed by atoms with Gasteiger partial charge in [0.15, 0.2) is 16.8 Å². The Labute approximate surface area is 178 Å². The van der Waals surface area contributed by atoms with E-state index in [9.17, 15) is 14.0 Å². The number of Topliss-reactive ketones (excluding diaryl/α,β-unsaturated/α-hetero) is 1. The Morgan fingerprint density at radius 3 is 2.57 bits per heavy atom. The number of amides is 1. The molecule has 0 aliphatic carbocycles. The lowest BCUT2D eigenvalue weighted by molar-refractivity contribution is -0.115. The van der Waals surface area contributed by atoms with Crippen molar-refractivity contribution in [1.82, 2.24) is 14.8 Å². The highest BCUT2D eigenvalue weighted by atomic mass is 32.2. The maximum absolute atomic E-state index is 14.2. The first-order valence-corrected chi connectivity index (χ1v) is 10.3. The van der Waals surface area contributed by atoms with Crippen molar-refractivity contribution in [3.05, 3.63) is 72.6 Å². The smallest absolute Gasteiger partial charge is 0.225 e. The molecule has 0 bridgehead atoms. The lowest BCUT2D eigenvalue weighted by Gasteiger charge is -2.09. The fourth-order valence-corrected chi connectivity index (χ4v) is 3.66. The molecule has 1 amide bonds. The van der Waals surface area contributed by atoms with Crippen LogP contribution in [-0.2, 0) is 11.3 Å². The molecule has 0 fully saturated rings. The maximum atomic E-state index is 14.2. The molecule has 3 rings (SSSR count). The van der Waals surface area contributed by atoms with Crippen LogP contribution in [0.4, 0.5) is 10.1 Å². The van der Waals surface area contributed by atoms with Gasteiger partial charge in [-0.2, -0.15) is 0 Å². The van der Waals surface area contributed by atoms with Crippen LogP contribution >= 0.6 is 11.8 Å². The SMILES string of the molecule is C=CCn1c(SCCC(=O)Nc2ccc(C(C)=O)cc2)nnc1-c1ccccc1F. The minimum Gasteiger partial charge on any atom is -0.326 e. The van der Waals surface area contributed by atoms with Crippen LogP contribution in [-0.4, -0.2) is 32.2 Å². The van der Waals surface area contributed by atoms with Crippen LogP contribution < -0.4 is 5.32 Å². The molecule has 3 aromatic rings. The number of hydrogen-bond donors (Lipinski definition) is 1. The van der Waals surface area contributed by atoms with Crippen molar-refractivity contribution in [2.24, 2.45) is 0 Å². The van der Waals surface area contributed by atoms with Gasteiger partial charge in [0.05, 0.1) is 5.56 Å². The number of benzene rings is 2. The predicted octanol–water partition coefficient (Wildman–Crippen LogP) is 4.59. The number of hydrogen-bond acceptors (Lipinski definition) is 5. The van der Waals surface area contributed by atoms with Gasteiger partial charge in [-0.15, -0.1) is 16.8 Å². The molecule has 30 heavy (non-hydrogen) atoms. The maximum Gasteiger partial charge on any atom is 0.225 e. The Bertz CT molecular complexity index is 1060. The molecule has 0 saturated carbocycles. The van der Waals surface area contributed by atoms with Gasteiger partial charge in [0.2, 0.25) is 5.91 Å². The Morgan fingerprint density at radius 2 is 1.90 bits per heavy atom. The number of allylic oxidation sites excluding steroid dienone is 1. The summed E-state index contributed by atoms with van der Waals surface area (Å²) < 4.78 is 15.9. The van der Waals surface area contributed by atoms with Crippen molar-refractivity contribution < 1.29 is 14.0 Å². The van der Waals surface area contributed by atoms with Crippen molar-refractivity contribution in [2.75, 3.05) is 11.1 Å². The van der Waals surface area contributed by atoms with Crippen LogP contribution in [0.3, 0.4) is 0 Å². The van der Waals surface area contributed by atoms with Crippen LogP contribution in [0.2, 0.25) is 0 Å². The predicted molar refractivity (Wildman–Crippen MR) is 116 cm³/mol. The average Bonchev–Trinajstić information content (AvgIpc) is 3.11. The van der Waals surface area contributed by atoms with Crippen molar-refractivity contribution in [1.29, 1.82) is 0 Å².